The Morgan fingerprint density at radius 2 is 1.96 bits per heavy atom. The largest absolute Gasteiger partial charge is 0.451 e. The third-order valence-corrected chi connectivity index (χ3v) is 5.41. The van der Waals surface area contributed by atoms with E-state index in [1.165, 1.54) is 0 Å². The van der Waals surface area contributed by atoms with Gasteiger partial charge in [0.1, 0.15) is 17.0 Å². The summed E-state index contributed by atoms with van der Waals surface area (Å²) in [5, 5.41) is 3.44. The first-order valence-electron chi connectivity index (χ1n) is 9.19. The lowest BCUT2D eigenvalue weighted by Crippen LogP contribution is -2.52. The number of ether oxygens (including phenoxy) is 1. The lowest BCUT2D eigenvalue weighted by atomic mass is 9.97. The quantitative estimate of drug-likeness (QED) is 0.825. The molecule has 2 aliphatic rings. The molecule has 3 rings (SSSR count). The van der Waals surface area contributed by atoms with Gasteiger partial charge in [-0.1, -0.05) is 13.8 Å². The van der Waals surface area contributed by atoms with Crippen LogP contribution in [0.2, 0.25) is 0 Å². The van der Waals surface area contributed by atoms with Gasteiger partial charge in [-0.15, -0.1) is 0 Å². The molecule has 1 atom stereocenters. The summed E-state index contributed by atoms with van der Waals surface area (Å²) in [5.41, 5.74) is 0.921. The van der Waals surface area contributed by atoms with Crippen LogP contribution >= 0.6 is 0 Å². The number of aromatic nitrogens is 1. The van der Waals surface area contributed by atoms with Crippen LogP contribution in [0.4, 0.5) is 5.82 Å². The van der Waals surface area contributed by atoms with Gasteiger partial charge in [-0.2, -0.15) is 0 Å². The van der Waals surface area contributed by atoms with E-state index in [9.17, 15) is 4.79 Å². The number of piperazine rings is 1. The number of carbonyl (C=O) groups is 1. The van der Waals surface area contributed by atoms with E-state index in [2.05, 4.69) is 41.0 Å². The Labute approximate surface area is 150 Å². The number of anilines is 1. The maximum atomic E-state index is 12.3. The van der Waals surface area contributed by atoms with Crippen LogP contribution in [0.25, 0.3) is 0 Å². The van der Waals surface area contributed by atoms with Crippen molar-refractivity contribution in [1.29, 1.82) is 0 Å². The molecule has 0 saturated carbocycles. The smallest absolute Gasteiger partial charge is 0.343 e. The Bertz CT molecular complexity index is 636. The average Bonchev–Trinajstić information content (AvgIpc) is 2.79. The molecule has 0 aromatic carbocycles. The van der Waals surface area contributed by atoms with Gasteiger partial charge in [0.25, 0.3) is 0 Å². The molecule has 1 unspecified atom stereocenters. The third kappa shape index (κ3) is 3.65. The standard InChI is InChI=1S/C19H30N4O2/c1-13(2)15(23-10-8-22(5)9-11-23)12-21-17-16-14(6-7-20-17)19(3,4)25-18(16)24/h6-7,13,15H,8-12H2,1-5H3,(H,20,21). The van der Waals surface area contributed by atoms with E-state index in [1.54, 1.807) is 6.20 Å². The van der Waals surface area contributed by atoms with Gasteiger partial charge in [-0.05, 0) is 32.9 Å². The Balaban J connectivity index is 1.74. The highest BCUT2D eigenvalue weighted by Gasteiger charge is 2.40. The van der Waals surface area contributed by atoms with Crippen molar-refractivity contribution in [1.82, 2.24) is 14.8 Å². The number of carbonyl (C=O) groups excluding carboxylic acids is 1. The number of fused-ring (bicyclic) bond motifs is 1. The molecule has 0 amide bonds. The number of esters is 1. The van der Waals surface area contributed by atoms with Gasteiger partial charge in [0.05, 0.1) is 0 Å². The van der Waals surface area contributed by atoms with E-state index in [0.717, 1.165) is 38.3 Å². The molecule has 1 aromatic heterocycles. The Morgan fingerprint density at radius 3 is 2.60 bits per heavy atom. The molecule has 1 saturated heterocycles. The molecule has 6 nitrogen and oxygen atoms in total. The minimum absolute atomic E-state index is 0.281. The van der Waals surface area contributed by atoms with Crippen LogP contribution in [0.3, 0.4) is 0 Å². The molecule has 6 heteroatoms. The molecule has 0 spiro atoms. The monoisotopic (exact) mass is 346 g/mol. The van der Waals surface area contributed by atoms with E-state index in [1.807, 2.05) is 19.9 Å². The lowest BCUT2D eigenvalue weighted by molar-refractivity contribution is 0.00958. The number of hydrogen-bond donors (Lipinski definition) is 1. The van der Waals surface area contributed by atoms with Gasteiger partial charge >= 0.3 is 5.97 Å². The van der Waals surface area contributed by atoms with E-state index in [-0.39, 0.29) is 5.97 Å². The Morgan fingerprint density at radius 1 is 1.28 bits per heavy atom. The van der Waals surface area contributed by atoms with Gasteiger partial charge in [0, 0.05) is 50.5 Å². The van der Waals surface area contributed by atoms with Crippen LogP contribution in [0.15, 0.2) is 12.3 Å². The Hall–Kier alpha value is -1.66. The van der Waals surface area contributed by atoms with Crippen molar-refractivity contribution in [3.05, 3.63) is 23.4 Å². The molecule has 138 valence electrons. The predicted molar refractivity (Wildman–Crippen MR) is 98.9 cm³/mol. The highest BCUT2D eigenvalue weighted by Crippen LogP contribution is 2.38. The first kappa shape index (κ1) is 18.1. The topological polar surface area (TPSA) is 57.7 Å². The van der Waals surface area contributed by atoms with Crippen molar-refractivity contribution in [2.24, 2.45) is 5.92 Å². The fourth-order valence-electron chi connectivity index (χ4n) is 3.78. The number of pyridine rings is 1. The molecule has 25 heavy (non-hydrogen) atoms. The summed E-state index contributed by atoms with van der Waals surface area (Å²) >= 11 is 0. The molecule has 0 bridgehead atoms. The van der Waals surface area contributed by atoms with Crippen molar-refractivity contribution >= 4 is 11.8 Å². The second kappa shape index (κ2) is 6.92. The van der Waals surface area contributed by atoms with Crippen molar-refractivity contribution in [2.75, 3.05) is 45.1 Å². The number of hydrogen-bond acceptors (Lipinski definition) is 6. The second-order valence-corrected chi connectivity index (χ2v) is 8.01. The summed E-state index contributed by atoms with van der Waals surface area (Å²) < 4.78 is 5.51. The maximum absolute atomic E-state index is 12.3. The van der Waals surface area contributed by atoms with Gasteiger partial charge in [-0.25, -0.2) is 9.78 Å². The summed E-state index contributed by atoms with van der Waals surface area (Å²) in [6.45, 7) is 13.5. The fourth-order valence-corrected chi connectivity index (χ4v) is 3.78. The SMILES string of the molecule is CC(C)C(CNc1nccc2c1C(=O)OC2(C)C)N1CCN(C)CC1. The normalized spacial score (nSPS) is 21.9. The molecule has 2 aliphatic heterocycles. The molecular weight excluding hydrogens is 316 g/mol. The van der Waals surface area contributed by atoms with Gasteiger partial charge in [0.2, 0.25) is 0 Å². The minimum atomic E-state index is -0.583. The molecular formula is C19H30N4O2. The van der Waals surface area contributed by atoms with E-state index in [4.69, 9.17) is 4.74 Å². The first-order valence-corrected chi connectivity index (χ1v) is 9.19. The molecule has 1 fully saturated rings. The third-order valence-electron chi connectivity index (χ3n) is 5.41. The number of nitrogens with one attached hydrogen (secondary N) is 1. The van der Waals surface area contributed by atoms with Crippen LogP contribution in [0.5, 0.6) is 0 Å². The van der Waals surface area contributed by atoms with Gasteiger partial charge in [-0.3, -0.25) is 4.90 Å². The number of likely N-dealkylation sites (N-methyl/N-ethyl adjacent to an activating group) is 1. The van der Waals surface area contributed by atoms with Crippen molar-refractivity contribution < 1.29 is 9.53 Å². The summed E-state index contributed by atoms with van der Waals surface area (Å²) in [7, 11) is 2.17. The van der Waals surface area contributed by atoms with Crippen LogP contribution in [-0.4, -0.2) is 66.6 Å². The lowest BCUT2D eigenvalue weighted by Gasteiger charge is -2.40. The zero-order valence-electron chi connectivity index (χ0n) is 16.0. The number of rotatable bonds is 5. The van der Waals surface area contributed by atoms with E-state index >= 15 is 0 Å². The summed E-state index contributed by atoms with van der Waals surface area (Å²) in [6.07, 6.45) is 1.76. The van der Waals surface area contributed by atoms with Crippen molar-refractivity contribution in [3.63, 3.8) is 0 Å². The molecule has 0 aliphatic carbocycles. The van der Waals surface area contributed by atoms with Gasteiger partial charge < -0.3 is 15.0 Å². The predicted octanol–water partition coefficient (Wildman–Crippen LogP) is 2.17. The van der Waals surface area contributed by atoms with Crippen LogP contribution < -0.4 is 5.32 Å². The maximum Gasteiger partial charge on any atom is 0.343 e. The zero-order chi connectivity index (χ0) is 18.2. The molecule has 1 aromatic rings. The summed E-state index contributed by atoms with van der Waals surface area (Å²) in [4.78, 5) is 21.6. The van der Waals surface area contributed by atoms with Crippen LogP contribution in [-0.2, 0) is 10.3 Å². The number of nitrogens with zero attached hydrogens (tertiary/aromatic N) is 3. The highest BCUT2D eigenvalue weighted by atomic mass is 16.6. The summed E-state index contributed by atoms with van der Waals surface area (Å²) in [6, 6.07) is 2.29. The molecule has 0 radical (unpaired) electrons. The second-order valence-electron chi connectivity index (χ2n) is 8.01. The van der Waals surface area contributed by atoms with E-state index < -0.39 is 5.60 Å². The van der Waals surface area contributed by atoms with Crippen LogP contribution in [0, 0.1) is 5.92 Å². The van der Waals surface area contributed by atoms with Crippen LogP contribution in [0.1, 0.15) is 43.6 Å². The zero-order valence-corrected chi connectivity index (χ0v) is 16.0. The summed E-state index contributed by atoms with van der Waals surface area (Å²) in [5.74, 6) is 0.889. The Kier molecular flexibility index (Phi) is 5.02. The van der Waals surface area contributed by atoms with Crippen molar-refractivity contribution in [3.8, 4) is 0 Å². The van der Waals surface area contributed by atoms with Gasteiger partial charge in [0.15, 0.2) is 0 Å². The number of cyclic esters (lactones) is 1. The first-order chi connectivity index (χ1) is 11.8. The average molecular weight is 346 g/mol. The highest BCUT2D eigenvalue weighted by molar-refractivity contribution is 5.99. The van der Waals surface area contributed by atoms with E-state index in [0.29, 0.717) is 23.3 Å². The van der Waals surface area contributed by atoms with Crippen molar-refractivity contribution in [2.45, 2.75) is 39.3 Å². The minimum Gasteiger partial charge on any atom is -0.451 e. The molecule has 3 heterocycles. The molecule has 1 N–H and O–H groups in total. The fraction of sp³-hybridized carbons (Fsp3) is 0.684.